The maximum atomic E-state index is 15.3. The standard InChI is InChI=1S/C36H33N3O2/c1-25-20-22-27(23-21-25)34(40)33-29-16-8-10-18-31(29)37-39(28-14-6-3-7-15-28)36(33)30-17-9-11-19-32(30)38(35(36)41)24-26-12-4-2-5-13-26/h2-7,9,11-15,17,19-23,29,33H,8,10,16,18,24H2,1H3/t29-,33+,36-/m1/s1. The molecule has 0 bridgehead atoms. The van der Waals surface area contributed by atoms with Gasteiger partial charge < -0.3 is 4.90 Å². The van der Waals surface area contributed by atoms with Gasteiger partial charge in [0.2, 0.25) is 0 Å². The molecule has 204 valence electrons. The van der Waals surface area contributed by atoms with Crippen molar-refractivity contribution in [1.82, 2.24) is 0 Å². The molecule has 2 heterocycles. The zero-order valence-corrected chi connectivity index (χ0v) is 23.2. The summed E-state index contributed by atoms with van der Waals surface area (Å²) in [5.41, 5.74) is 5.02. The highest BCUT2D eigenvalue weighted by Crippen LogP contribution is 2.56. The normalized spacial score (nSPS) is 23.2. The summed E-state index contributed by atoms with van der Waals surface area (Å²) in [7, 11) is 0. The quantitative estimate of drug-likeness (QED) is 0.250. The van der Waals surface area contributed by atoms with E-state index in [1.807, 2.05) is 126 Å². The average Bonchev–Trinajstić information content (AvgIpc) is 3.25. The third kappa shape index (κ3) is 4.02. The monoisotopic (exact) mass is 539 g/mol. The van der Waals surface area contributed by atoms with Gasteiger partial charge in [-0.05, 0) is 49.9 Å². The fraction of sp³-hybridized carbons (Fsp3) is 0.250. The second-order valence-corrected chi connectivity index (χ2v) is 11.5. The van der Waals surface area contributed by atoms with Crippen LogP contribution in [0.2, 0.25) is 0 Å². The molecule has 7 rings (SSSR count). The number of ketones is 1. The van der Waals surface area contributed by atoms with Crippen molar-refractivity contribution in [3.8, 4) is 0 Å². The summed E-state index contributed by atoms with van der Waals surface area (Å²) in [5, 5.41) is 7.20. The number of fused-ring (bicyclic) bond motifs is 3. The summed E-state index contributed by atoms with van der Waals surface area (Å²) in [6.45, 7) is 2.45. The van der Waals surface area contributed by atoms with E-state index in [4.69, 9.17) is 5.10 Å². The molecule has 5 heteroatoms. The molecule has 3 aliphatic rings. The van der Waals surface area contributed by atoms with Crippen LogP contribution < -0.4 is 9.91 Å². The van der Waals surface area contributed by atoms with Crippen LogP contribution in [0, 0.1) is 18.8 Å². The Morgan fingerprint density at radius 2 is 1.54 bits per heavy atom. The lowest BCUT2D eigenvalue weighted by Crippen LogP contribution is -2.64. The maximum Gasteiger partial charge on any atom is 0.260 e. The number of nitrogens with zero attached hydrogens (tertiary/aromatic N) is 3. The van der Waals surface area contributed by atoms with Gasteiger partial charge >= 0.3 is 0 Å². The zero-order valence-electron chi connectivity index (χ0n) is 23.2. The number of hydrogen-bond donors (Lipinski definition) is 0. The van der Waals surface area contributed by atoms with Crippen LogP contribution in [0.5, 0.6) is 0 Å². The summed E-state index contributed by atoms with van der Waals surface area (Å²) in [6, 6.07) is 35.8. The summed E-state index contributed by atoms with van der Waals surface area (Å²) < 4.78 is 0. The first-order valence-electron chi connectivity index (χ1n) is 14.6. The Bertz CT molecular complexity index is 1630. The van der Waals surface area contributed by atoms with Crippen molar-refractivity contribution >= 4 is 28.8 Å². The minimum absolute atomic E-state index is 0.00921. The molecule has 2 aliphatic heterocycles. The number of carbonyl (C=O) groups excluding carboxylic acids is 2. The van der Waals surface area contributed by atoms with Crippen LogP contribution >= 0.6 is 0 Å². The number of anilines is 2. The first-order valence-corrected chi connectivity index (χ1v) is 14.6. The zero-order chi connectivity index (χ0) is 28.0. The molecule has 41 heavy (non-hydrogen) atoms. The largest absolute Gasteiger partial charge is 0.305 e. The number of carbonyl (C=O) groups is 2. The number of hydrogen-bond acceptors (Lipinski definition) is 4. The number of Topliss-reactive ketones (excluding diaryl/α,β-unsaturated/α-hetero) is 1. The van der Waals surface area contributed by atoms with Gasteiger partial charge in [0.25, 0.3) is 5.91 Å². The van der Waals surface area contributed by atoms with Crippen LogP contribution in [0.4, 0.5) is 11.4 Å². The third-order valence-electron chi connectivity index (χ3n) is 9.02. The molecule has 1 aliphatic carbocycles. The highest BCUT2D eigenvalue weighted by molar-refractivity contribution is 6.16. The lowest BCUT2D eigenvalue weighted by molar-refractivity contribution is -0.125. The fourth-order valence-electron chi connectivity index (χ4n) is 7.13. The third-order valence-corrected chi connectivity index (χ3v) is 9.02. The second kappa shape index (κ2) is 10.2. The van der Waals surface area contributed by atoms with E-state index in [9.17, 15) is 4.79 Å². The minimum atomic E-state index is -1.31. The van der Waals surface area contributed by atoms with Crippen molar-refractivity contribution in [3.63, 3.8) is 0 Å². The van der Waals surface area contributed by atoms with Gasteiger partial charge in [0.05, 0.1) is 23.8 Å². The Hall–Kier alpha value is -4.51. The Morgan fingerprint density at radius 1 is 0.854 bits per heavy atom. The van der Waals surface area contributed by atoms with Gasteiger partial charge in [-0.25, -0.2) is 5.01 Å². The van der Waals surface area contributed by atoms with Gasteiger partial charge in [-0.2, -0.15) is 5.10 Å². The number of rotatable bonds is 5. The first-order chi connectivity index (χ1) is 20.1. The molecule has 0 radical (unpaired) electrons. The Kier molecular flexibility index (Phi) is 6.30. The van der Waals surface area contributed by atoms with Gasteiger partial charge in [0, 0.05) is 22.8 Å². The van der Waals surface area contributed by atoms with Crippen molar-refractivity contribution in [2.45, 2.75) is 44.7 Å². The number of aryl methyl sites for hydroxylation is 1. The predicted molar refractivity (Wildman–Crippen MR) is 163 cm³/mol. The van der Waals surface area contributed by atoms with E-state index >= 15 is 4.79 Å². The molecule has 5 nitrogen and oxygen atoms in total. The second-order valence-electron chi connectivity index (χ2n) is 11.5. The lowest BCUT2D eigenvalue weighted by atomic mass is 9.63. The molecule has 0 aromatic heterocycles. The molecule has 4 aromatic carbocycles. The average molecular weight is 540 g/mol. The smallest absolute Gasteiger partial charge is 0.260 e. The van der Waals surface area contributed by atoms with Gasteiger partial charge in [-0.15, -0.1) is 0 Å². The molecule has 4 aromatic rings. The van der Waals surface area contributed by atoms with Crippen molar-refractivity contribution in [2.24, 2.45) is 16.9 Å². The molecule has 0 saturated heterocycles. The van der Waals surface area contributed by atoms with Crippen LogP contribution in [0.1, 0.15) is 52.7 Å². The van der Waals surface area contributed by atoms with Crippen LogP contribution in [0.15, 0.2) is 114 Å². The van der Waals surface area contributed by atoms with Crippen molar-refractivity contribution in [1.29, 1.82) is 0 Å². The fourth-order valence-corrected chi connectivity index (χ4v) is 7.13. The first kappa shape index (κ1) is 25.5. The number of hydrazone groups is 1. The Labute approximate surface area is 241 Å². The molecule has 0 N–H and O–H groups in total. The Morgan fingerprint density at radius 3 is 2.29 bits per heavy atom. The van der Waals surface area contributed by atoms with Crippen LogP contribution in [0.25, 0.3) is 0 Å². The number of para-hydroxylation sites is 2. The topological polar surface area (TPSA) is 53.0 Å². The molecule has 1 spiro atoms. The van der Waals surface area contributed by atoms with Crippen LogP contribution in [-0.4, -0.2) is 17.4 Å². The molecule has 3 atom stereocenters. The van der Waals surface area contributed by atoms with Gasteiger partial charge in [-0.3, -0.25) is 9.59 Å². The SMILES string of the molecule is Cc1ccc(C(=O)[C@@H]2[C@@H]3CCCCC3=NN(c3ccccc3)[C@@]23C(=O)N(Cc2ccccc2)c2ccccc23)cc1. The van der Waals surface area contributed by atoms with Crippen molar-refractivity contribution in [3.05, 3.63) is 131 Å². The van der Waals surface area contributed by atoms with Gasteiger partial charge in [0.15, 0.2) is 11.3 Å². The van der Waals surface area contributed by atoms with Crippen LogP contribution in [-0.2, 0) is 16.9 Å². The van der Waals surface area contributed by atoms with Crippen molar-refractivity contribution < 1.29 is 9.59 Å². The van der Waals surface area contributed by atoms with E-state index in [-0.39, 0.29) is 17.6 Å². The summed E-state index contributed by atoms with van der Waals surface area (Å²) in [4.78, 5) is 32.0. The maximum absolute atomic E-state index is 15.3. The lowest BCUT2D eigenvalue weighted by Gasteiger charge is -2.50. The molecule has 1 fully saturated rings. The highest BCUT2D eigenvalue weighted by Gasteiger charge is 2.66. The van der Waals surface area contributed by atoms with E-state index in [1.54, 1.807) is 0 Å². The van der Waals surface area contributed by atoms with E-state index in [1.165, 1.54) is 0 Å². The minimum Gasteiger partial charge on any atom is -0.305 e. The van der Waals surface area contributed by atoms with Crippen molar-refractivity contribution in [2.75, 3.05) is 9.91 Å². The highest BCUT2D eigenvalue weighted by atomic mass is 16.2. The molecule has 1 saturated carbocycles. The molecular weight excluding hydrogens is 506 g/mol. The Balaban J connectivity index is 1.50. The van der Waals surface area contributed by atoms with E-state index < -0.39 is 11.5 Å². The van der Waals surface area contributed by atoms with E-state index in [2.05, 4.69) is 0 Å². The number of benzene rings is 4. The van der Waals surface area contributed by atoms with Gasteiger partial charge in [-0.1, -0.05) is 103 Å². The van der Waals surface area contributed by atoms with Crippen LogP contribution in [0.3, 0.4) is 0 Å². The number of amides is 1. The predicted octanol–water partition coefficient (Wildman–Crippen LogP) is 7.30. The van der Waals surface area contributed by atoms with E-state index in [0.29, 0.717) is 12.1 Å². The summed E-state index contributed by atoms with van der Waals surface area (Å²) in [5.74, 6) is -0.806. The van der Waals surface area contributed by atoms with Gasteiger partial charge in [0.1, 0.15) is 0 Å². The molecule has 0 unspecified atom stereocenters. The summed E-state index contributed by atoms with van der Waals surface area (Å²) >= 11 is 0. The molecule has 1 amide bonds. The summed E-state index contributed by atoms with van der Waals surface area (Å²) in [6.07, 6.45) is 3.75. The van der Waals surface area contributed by atoms with E-state index in [0.717, 1.165) is 59.5 Å². The molecular formula is C36H33N3O2.